The van der Waals surface area contributed by atoms with Gasteiger partial charge in [0.2, 0.25) is 0 Å². The maximum Gasteiger partial charge on any atom is 0.271 e. The van der Waals surface area contributed by atoms with Crippen LogP contribution in [-0.4, -0.2) is 63.1 Å². The first-order chi connectivity index (χ1) is 19.0. The number of nitrogens with zero attached hydrogens (tertiary/aromatic N) is 7. The Labute approximate surface area is 229 Å². The molecule has 1 aliphatic heterocycles. The molecule has 12 heteroatoms. The van der Waals surface area contributed by atoms with Crippen molar-refractivity contribution in [3.05, 3.63) is 57.4 Å². The normalized spacial score (nSPS) is 15.8. The predicted octanol–water partition coefficient (Wildman–Crippen LogP) is 3.68. The highest BCUT2D eigenvalue weighted by atomic mass is 19.1. The van der Waals surface area contributed by atoms with Crippen molar-refractivity contribution in [1.82, 2.24) is 19.5 Å². The number of rotatable bonds is 8. The molecule has 2 fully saturated rings. The molecule has 3 heterocycles. The molecule has 0 unspecified atom stereocenters. The Morgan fingerprint density at radius 3 is 2.17 bits per heavy atom. The summed E-state index contributed by atoms with van der Waals surface area (Å²) in [4.78, 5) is 60.9. The number of hydrogen-bond donors (Lipinski definition) is 0. The Kier molecular flexibility index (Phi) is 7.26. The van der Waals surface area contributed by atoms with Gasteiger partial charge in [0, 0.05) is 42.1 Å². The molecule has 0 N–H and O–H groups in total. The van der Waals surface area contributed by atoms with Crippen molar-refractivity contribution in [2.75, 3.05) is 31.1 Å². The van der Waals surface area contributed by atoms with Gasteiger partial charge in [0.25, 0.3) is 5.95 Å². The molecule has 1 saturated carbocycles. The Morgan fingerprint density at radius 1 is 0.975 bits per heavy atom. The average Bonchev–Trinajstić information content (AvgIpc) is 3.72. The van der Waals surface area contributed by atoms with Gasteiger partial charge in [0.1, 0.15) is 23.3 Å². The lowest BCUT2D eigenvalue weighted by Gasteiger charge is -2.34. The lowest BCUT2D eigenvalue weighted by atomic mass is 9.91. The van der Waals surface area contributed by atoms with E-state index in [2.05, 4.69) is 20.3 Å². The van der Waals surface area contributed by atoms with Gasteiger partial charge in [-0.05, 0) is 58.7 Å². The van der Waals surface area contributed by atoms with E-state index in [1.54, 1.807) is 15.6 Å². The zero-order valence-corrected chi connectivity index (χ0v) is 22.8. The second-order valence-corrected chi connectivity index (χ2v) is 10.4. The van der Waals surface area contributed by atoms with Gasteiger partial charge in [0.05, 0.1) is 29.9 Å². The second kappa shape index (κ2) is 10.7. The van der Waals surface area contributed by atoms with E-state index in [9.17, 15) is 19.2 Å². The van der Waals surface area contributed by atoms with Gasteiger partial charge >= 0.3 is 0 Å². The fourth-order valence-corrected chi connectivity index (χ4v) is 5.12. The van der Waals surface area contributed by atoms with E-state index >= 15 is 4.39 Å². The SMILES string of the molecule is CC(=O)C(C(C)=O)C(=O)c1cn(C2CC2)c2cc(N3CCN(N=Nc4nc(C)cc(C)n4)CC3)c(F)cc2c1=O. The summed E-state index contributed by atoms with van der Waals surface area (Å²) >= 11 is 0. The highest BCUT2D eigenvalue weighted by Gasteiger charge is 2.34. The summed E-state index contributed by atoms with van der Waals surface area (Å²) in [6, 6.07) is 4.70. The predicted molar refractivity (Wildman–Crippen MR) is 145 cm³/mol. The third-order valence-corrected chi connectivity index (χ3v) is 7.21. The summed E-state index contributed by atoms with van der Waals surface area (Å²) in [6.45, 7) is 7.94. The smallest absolute Gasteiger partial charge is 0.271 e. The summed E-state index contributed by atoms with van der Waals surface area (Å²) in [5.41, 5.74) is 1.51. The molecule has 1 aromatic carbocycles. The number of pyridine rings is 1. The van der Waals surface area contributed by atoms with Crippen molar-refractivity contribution in [1.29, 1.82) is 0 Å². The third kappa shape index (κ3) is 5.38. The number of aromatic nitrogens is 3. The van der Waals surface area contributed by atoms with E-state index in [1.807, 2.05) is 24.8 Å². The molecule has 208 valence electrons. The number of halogens is 1. The molecule has 0 bridgehead atoms. The van der Waals surface area contributed by atoms with Crippen LogP contribution in [0.2, 0.25) is 0 Å². The molecular weight excluding hydrogens is 517 g/mol. The first kappa shape index (κ1) is 27.2. The van der Waals surface area contributed by atoms with Crippen LogP contribution < -0.4 is 10.3 Å². The van der Waals surface area contributed by atoms with Crippen LogP contribution in [0.15, 0.2) is 39.5 Å². The number of Topliss-reactive ketones (excluding diaryl/α,β-unsaturated/α-hetero) is 3. The minimum Gasteiger partial charge on any atom is -0.365 e. The van der Waals surface area contributed by atoms with Gasteiger partial charge in [0.15, 0.2) is 11.2 Å². The largest absolute Gasteiger partial charge is 0.365 e. The van der Waals surface area contributed by atoms with Gasteiger partial charge in [-0.2, -0.15) is 0 Å². The molecule has 5 rings (SSSR count). The van der Waals surface area contributed by atoms with Crippen LogP contribution in [-0.2, 0) is 9.59 Å². The fraction of sp³-hybridized carbons (Fsp3) is 0.429. The minimum atomic E-state index is -1.54. The highest BCUT2D eigenvalue weighted by molar-refractivity contribution is 6.23. The molecule has 1 saturated heterocycles. The van der Waals surface area contributed by atoms with E-state index in [-0.39, 0.29) is 22.9 Å². The summed E-state index contributed by atoms with van der Waals surface area (Å²) in [5.74, 6) is -3.95. The maximum absolute atomic E-state index is 15.5. The summed E-state index contributed by atoms with van der Waals surface area (Å²) in [7, 11) is 0. The van der Waals surface area contributed by atoms with Crippen LogP contribution in [0.25, 0.3) is 10.9 Å². The number of carbonyl (C=O) groups excluding carboxylic acids is 3. The number of fused-ring (bicyclic) bond motifs is 1. The van der Waals surface area contributed by atoms with Crippen molar-refractivity contribution in [2.24, 2.45) is 16.3 Å². The van der Waals surface area contributed by atoms with E-state index < -0.39 is 34.5 Å². The Hall–Kier alpha value is -4.35. The highest BCUT2D eigenvalue weighted by Crippen LogP contribution is 2.38. The van der Waals surface area contributed by atoms with Crippen LogP contribution in [0.1, 0.15) is 54.5 Å². The van der Waals surface area contributed by atoms with Crippen molar-refractivity contribution < 1.29 is 18.8 Å². The number of hydrogen-bond acceptors (Lipinski definition) is 9. The molecule has 40 heavy (non-hydrogen) atoms. The number of anilines is 1. The van der Waals surface area contributed by atoms with Gasteiger partial charge < -0.3 is 9.47 Å². The third-order valence-electron chi connectivity index (χ3n) is 7.21. The Morgan fingerprint density at radius 2 is 1.60 bits per heavy atom. The molecule has 11 nitrogen and oxygen atoms in total. The van der Waals surface area contributed by atoms with E-state index in [4.69, 9.17) is 0 Å². The van der Waals surface area contributed by atoms with Crippen molar-refractivity contribution in [3.8, 4) is 0 Å². The van der Waals surface area contributed by atoms with E-state index in [0.29, 0.717) is 37.4 Å². The van der Waals surface area contributed by atoms with Crippen molar-refractivity contribution >= 4 is 39.9 Å². The van der Waals surface area contributed by atoms with Crippen LogP contribution in [0.3, 0.4) is 0 Å². The molecular formula is C28H30FN7O4. The number of aryl methyl sites for hydroxylation is 2. The first-order valence-corrected chi connectivity index (χ1v) is 13.2. The standard InChI is InChI=1S/C28H30FN7O4/c1-15-11-16(2)31-28(30-15)32-33-35-9-7-34(8-10-35)24-13-23-20(12-22(24)29)26(39)21(14-36(23)19-5-6-19)27(40)25(17(3)37)18(4)38/h11-14,19,25H,5-10H2,1-4H3. The molecule has 2 aromatic heterocycles. The van der Waals surface area contributed by atoms with Crippen LogP contribution in [0.4, 0.5) is 16.0 Å². The monoisotopic (exact) mass is 547 g/mol. The molecule has 0 spiro atoms. The summed E-state index contributed by atoms with van der Waals surface area (Å²) in [5, 5.41) is 10.2. The van der Waals surface area contributed by atoms with Crippen LogP contribution >= 0.6 is 0 Å². The van der Waals surface area contributed by atoms with Gasteiger partial charge in [-0.15, -0.1) is 0 Å². The van der Waals surface area contributed by atoms with Crippen LogP contribution in [0.5, 0.6) is 0 Å². The zero-order chi connectivity index (χ0) is 28.7. The van der Waals surface area contributed by atoms with Gasteiger partial charge in [-0.1, -0.05) is 10.3 Å². The fourth-order valence-electron chi connectivity index (χ4n) is 5.12. The number of benzene rings is 1. The van der Waals surface area contributed by atoms with Crippen molar-refractivity contribution in [2.45, 2.75) is 46.6 Å². The van der Waals surface area contributed by atoms with Crippen LogP contribution in [0, 0.1) is 25.6 Å². The zero-order valence-electron chi connectivity index (χ0n) is 22.8. The number of piperazine rings is 1. The Bertz CT molecular complexity index is 1590. The number of ketones is 3. The summed E-state index contributed by atoms with van der Waals surface area (Å²) < 4.78 is 17.3. The van der Waals surface area contributed by atoms with Gasteiger partial charge in [-0.3, -0.25) is 24.2 Å². The topological polar surface area (TPSA) is 130 Å². The quantitative estimate of drug-likeness (QED) is 0.237. The second-order valence-electron chi connectivity index (χ2n) is 10.4. The van der Waals surface area contributed by atoms with Crippen molar-refractivity contribution in [3.63, 3.8) is 0 Å². The molecule has 3 aromatic rings. The van der Waals surface area contributed by atoms with E-state index in [1.165, 1.54) is 6.20 Å². The molecule has 0 radical (unpaired) electrons. The lowest BCUT2D eigenvalue weighted by molar-refractivity contribution is -0.128. The lowest BCUT2D eigenvalue weighted by Crippen LogP contribution is -2.44. The van der Waals surface area contributed by atoms with Gasteiger partial charge in [-0.25, -0.2) is 14.4 Å². The molecule has 0 amide bonds. The molecule has 2 aliphatic rings. The minimum absolute atomic E-state index is 0.0470. The molecule has 0 atom stereocenters. The maximum atomic E-state index is 15.5. The van der Waals surface area contributed by atoms with E-state index in [0.717, 1.165) is 44.1 Å². The summed E-state index contributed by atoms with van der Waals surface area (Å²) in [6.07, 6.45) is 3.11. The average molecular weight is 548 g/mol. The number of carbonyl (C=O) groups is 3. The molecule has 1 aliphatic carbocycles. The first-order valence-electron chi connectivity index (χ1n) is 13.2. The Balaban J connectivity index is 1.43.